The second-order valence-corrected chi connectivity index (χ2v) is 7.30. The summed E-state index contributed by atoms with van der Waals surface area (Å²) >= 11 is 5.95. The molecular weight excluding hydrogens is 350 g/mol. The van der Waals surface area contributed by atoms with Crippen LogP contribution in [-0.4, -0.2) is 17.0 Å². The Hall–Kier alpha value is -2.33. The summed E-state index contributed by atoms with van der Waals surface area (Å²) in [7, 11) is 0. The average molecular weight is 372 g/mol. The number of nitrogens with one attached hydrogen (secondary N) is 1. The molecule has 0 unspecified atom stereocenters. The maximum absolute atomic E-state index is 12.7. The molecule has 2 aromatic rings. The molecule has 0 bridgehead atoms. The molecule has 0 radical (unpaired) electrons. The van der Waals surface area contributed by atoms with Gasteiger partial charge in [-0.3, -0.25) is 4.79 Å². The van der Waals surface area contributed by atoms with Gasteiger partial charge in [0.2, 0.25) is 0 Å². The van der Waals surface area contributed by atoms with Gasteiger partial charge in [0.1, 0.15) is 0 Å². The molecule has 0 saturated heterocycles. The number of amides is 1. The van der Waals surface area contributed by atoms with Crippen molar-refractivity contribution in [3.8, 4) is 0 Å². The number of carboxylic acids is 1. The van der Waals surface area contributed by atoms with Crippen LogP contribution in [0.1, 0.15) is 69.9 Å². The van der Waals surface area contributed by atoms with E-state index < -0.39 is 5.97 Å². The normalized spacial score (nSPS) is 14.8. The summed E-state index contributed by atoms with van der Waals surface area (Å²) < 4.78 is 0. The molecule has 2 N–H and O–H groups in total. The molecule has 1 aliphatic rings. The molecule has 5 heteroatoms. The summed E-state index contributed by atoms with van der Waals surface area (Å²) in [5.41, 5.74) is 2.62. The highest BCUT2D eigenvalue weighted by molar-refractivity contribution is 6.31. The average Bonchev–Trinajstić information content (AvgIpc) is 2.64. The van der Waals surface area contributed by atoms with E-state index in [1.807, 2.05) is 12.1 Å². The molecule has 1 saturated carbocycles. The Morgan fingerprint density at radius 3 is 2.54 bits per heavy atom. The van der Waals surface area contributed by atoms with Crippen molar-refractivity contribution in [2.45, 2.75) is 44.9 Å². The minimum absolute atomic E-state index is 0.00761. The zero-order chi connectivity index (χ0) is 18.7. The van der Waals surface area contributed by atoms with E-state index in [1.54, 1.807) is 19.1 Å². The number of carbonyl (C=O) groups excluding carboxylic acids is 1. The summed E-state index contributed by atoms with van der Waals surface area (Å²) in [5.74, 6) is -0.930. The number of anilines is 1. The molecule has 0 heterocycles. The van der Waals surface area contributed by atoms with Crippen molar-refractivity contribution < 1.29 is 14.7 Å². The Labute approximate surface area is 158 Å². The standard InChI is InChI=1S/C21H22ClNO3/c1-13-10-17(22)12-18(21(25)26)19(13)23-20(24)16-9-5-8-15(11-16)14-6-3-2-4-7-14/h5,8-12,14H,2-4,6-7H2,1H3,(H,23,24)(H,25,26). The topological polar surface area (TPSA) is 66.4 Å². The quantitative estimate of drug-likeness (QED) is 0.730. The highest BCUT2D eigenvalue weighted by Crippen LogP contribution is 2.33. The van der Waals surface area contributed by atoms with Gasteiger partial charge in [0.25, 0.3) is 5.91 Å². The predicted molar refractivity (Wildman–Crippen MR) is 103 cm³/mol. The van der Waals surface area contributed by atoms with Crippen LogP contribution in [0.15, 0.2) is 36.4 Å². The second-order valence-electron chi connectivity index (χ2n) is 6.86. The van der Waals surface area contributed by atoms with Crippen molar-refractivity contribution in [1.82, 2.24) is 0 Å². The maximum Gasteiger partial charge on any atom is 0.337 e. The van der Waals surface area contributed by atoms with E-state index in [2.05, 4.69) is 11.4 Å². The van der Waals surface area contributed by atoms with Crippen molar-refractivity contribution in [2.75, 3.05) is 5.32 Å². The number of aromatic carboxylic acids is 1. The summed E-state index contributed by atoms with van der Waals surface area (Å²) in [6.45, 7) is 1.73. The van der Waals surface area contributed by atoms with Gasteiger partial charge in [-0.05, 0) is 61.1 Å². The number of carboxylic acid groups (broad SMARTS) is 1. The third kappa shape index (κ3) is 4.07. The van der Waals surface area contributed by atoms with Gasteiger partial charge in [0.15, 0.2) is 0 Å². The monoisotopic (exact) mass is 371 g/mol. The van der Waals surface area contributed by atoms with Crippen LogP contribution in [0, 0.1) is 6.92 Å². The van der Waals surface area contributed by atoms with E-state index in [9.17, 15) is 14.7 Å². The Balaban J connectivity index is 1.86. The molecule has 0 atom stereocenters. The fraction of sp³-hybridized carbons (Fsp3) is 0.333. The number of rotatable bonds is 4. The number of hydrogen-bond acceptors (Lipinski definition) is 2. The van der Waals surface area contributed by atoms with E-state index >= 15 is 0 Å². The van der Waals surface area contributed by atoms with Gasteiger partial charge in [0.05, 0.1) is 11.3 Å². The molecule has 1 aliphatic carbocycles. The fourth-order valence-corrected chi connectivity index (χ4v) is 3.91. The fourth-order valence-electron chi connectivity index (χ4n) is 3.63. The minimum atomic E-state index is -1.12. The first-order chi connectivity index (χ1) is 12.5. The molecule has 2 aromatic carbocycles. The summed E-state index contributed by atoms with van der Waals surface area (Å²) in [4.78, 5) is 24.2. The summed E-state index contributed by atoms with van der Waals surface area (Å²) in [6.07, 6.45) is 6.06. The molecule has 0 spiro atoms. The first-order valence-corrected chi connectivity index (χ1v) is 9.28. The number of carbonyl (C=O) groups is 2. The Bertz CT molecular complexity index is 841. The van der Waals surface area contributed by atoms with Crippen molar-refractivity contribution in [2.24, 2.45) is 0 Å². The third-order valence-corrected chi connectivity index (χ3v) is 5.21. The lowest BCUT2D eigenvalue weighted by atomic mass is 9.83. The highest BCUT2D eigenvalue weighted by Gasteiger charge is 2.19. The maximum atomic E-state index is 12.7. The number of aryl methyl sites for hydroxylation is 1. The molecule has 4 nitrogen and oxygen atoms in total. The van der Waals surface area contributed by atoms with Crippen molar-refractivity contribution in [3.05, 3.63) is 63.7 Å². The van der Waals surface area contributed by atoms with Crippen LogP contribution in [0.2, 0.25) is 5.02 Å². The van der Waals surface area contributed by atoms with Crippen LogP contribution < -0.4 is 5.32 Å². The Morgan fingerprint density at radius 2 is 1.85 bits per heavy atom. The van der Waals surface area contributed by atoms with E-state index in [-0.39, 0.29) is 17.2 Å². The zero-order valence-corrected chi connectivity index (χ0v) is 15.5. The lowest BCUT2D eigenvalue weighted by molar-refractivity contribution is 0.0698. The van der Waals surface area contributed by atoms with Gasteiger partial charge >= 0.3 is 5.97 Å². The number of benzene rings is 2. The smallest absolute Gasteiger partial charge is 0.337 e. The molecule has 0 aromatic heterocycles. The Kier molecular flexibility index (Phi) is 5.62. The van der Waals surface area contributed by atoms with Crippen LogP contribution in [-0.2, 0) is 0 Å². The molecular formula is C21H22ClNO3. The number of halogens is 1. The zero-order valence-electron chi connectivity index (χ0n) is 14.7. The SMILES string of the molecule is Cc1cc(Cl)cc(C(=O)O)c1NC(=O)c1cccc(C2CCCCC2)c1. The Morgan fingerprint density at radius 1 is 1.12 bits per heavy atom. The first kappa shape index (κ1) is 18.5. The highest BCUT2D eigenvalue weighted by atomic mass is 35.5. The summed E-state index contributed by atoms with van der Waals surface area (Å²) in [5, 5.41) is 12.5. The van der Waals surface area contributed by atoms with Gasteiger partial charge < -0.3 is 10.4 Å². The van der Waals surface area contributed by atoms with Crippen LogP contribution in [0.3, 0.4) is 0 Å². The van der Waals surface area contributed by atoms with Crippen molar-refractivity contribution in [1.29, 1.82) is 0 Å². The molecule has 3 rings (SSSR count). The van der Waals surface area contributed by atoms with Gasteiger partial charge in [-0.1, -0.05) is 43.0 Å². The largest absolute Gasteiger partial charge is 0.478 e. The molecule has 1 amide bonds. The van der Waals surface area contributed by atoms with Crippen LogP contribution in [0.5, 0.6) is 0 Å². The molecule has 0 aliphatic heterocycles. The predicted octanol–water partition coefficient (Wildman–Crippen LogP) is 5.65. The van der Waals surface area contributed by atoms with Gasteiger partial charge in [-0.25, -0.2) is 4.79 Å². The number of hydrogen-bond donors (Lipinski definition) is 2. The second kappa shape index (κ2) is 7.92. The van der Waals surface area contributed by atoms with E-state index in [0.29, 0.717) is 22.1 Å². The van der Waals surface area contributed by atoms with Gasteiger partial charge in [0, 0.05) is 10.6 Å². The van der Waals surface area contributed by atoms with Gasteiger partial charge in [-0.2, -0.15) is 0 Å². The van der Waals surface area contributed by atoms with E-state index in [1.165, 1.54) is 30.9 Å². The lowest BCUT2D eigenvalue weighted by Crippen LogP contribution is -2.16. The van der Waals surface area contributed by atoms with Crippen LogP contribution >= 0.6 is 11.6 Å². The van der Waals surface area contributed by atoms with Crippen LogP contribution in [0.25, 0.3) is 0 Å². The molecule has 136 valence electrons. The third-order valence-electron chi connectivity index (χ3n) is 4.99. The minimum Gasteiger partial charge on any atom is -0.478 e. The van der Waals surface area contributed by atoms with Crippen molar-refractivity contribution in [3.63, 3.8) is 0 Å². The molecule has 1 fully saturated rings. The van der Waals surface area contributed by atoms with Crippen molar-refractivity contribution >= 4 is 29.2 Å². The first-order valence-electron chi connectivity index (χ1n) is 8.90. The van der Waals surface area contributed by atoms with E-state index in [0.717, 1.165) is 12.8 Å². The van der Waals surface area contributed by atoms with E-state index in [4.69, 9.17) is 11.6 Å². The van der Waals surface area contributed by atoms with Crippen LogP contribution in [0.4, 0.5) is 5.69 Å². The summed E-state index contributed by atoms with van der Waals surface area (Å²) in [6, 6.07) is 10.6. The lowest BCUT2D eigenvalue weighted by Gasteiger charge is -2.22. The molecule has 26 heavy (non-hydrogen) atoms. The van der Waals surface area contributed by atoms with Gasteiger partial charge in [-0.15, -0.1) is 0 Å².